The topological polar surface area (TPSA) is 62.1 Å². The first-order valence-corrected chi connectivity index (χ1v) is 6.57. The van der Waals surface area contributed by atoms with Crippen molar-refractivity contribution in [3.05, 3.63) is 28.8 Å². The zero-order chi connectivity index (χ0) is 13.8. The van der Waals surface area contributed by atoms with E-state index in [1.54, 1.807) is 12.1 Å². The van der Waals surface area contributed by atoms with Crippen molar-refractivity contribution in [2.75, 3.05) is 6.54 Å². The Hall–Kier alpha value is -2.02. The van der Waals surface area contributed by atoms with Crippen LogP contribution in [0, 0.1) is 25.2 Å². The van der Waals surface area contributed by atoms with Gasteiger partial charge in [-0.05, 0) is 56.4 Å². The number of carbonyl (C=O) groups is 1. The molecule has 0 spiro atoms. The molecule has 1 aromatic rings. The van der Waals surface area contributed by atoms with Crippen LogP contribution in [0.5, 0.6) is 5.75 Å². The van der Waals surface area contributed by atoms with Crippen molar-refractivity contribution >= 4 is 5.91 Å². The number of nitrogens with zero attached hydrogens (tertiary/aromatic N) is 1. The number of amides is 1. The van der Waals surface area contributed by atoms with Gasteiger partial charge in [-0.2, -0.15) is 5.26 Å². The highest BCUT2D eigenvalue weighted by atomic mass is 16.5. The predicted molar refractivity (Wildman–Crippen MR) is 71.9 cm³/mol. The summed E-state index contributed by atoms with van der Waals surface area (Å²) in [4.78, 5) is 11.9. The van der Waals surface area contributed by atoms with Crippen molar-refractivity contribution in [2.45, 2.75) is 39.2 Å². The van der Waals surface area contributed by atoms with E-state index in [-0.39, 0.29) is 5.91 Å². The molecule has 0 bridgehead atoms. The zero-order valence-corrected chi connectivity index (χ0v) is 11.3. The Balaban J connectivity index is 2.23. The van der Waals surface area contributed by atoms with Crippen molar-refractivity contribution < 1.29 is 9.53 Å². The first kappa shape index (κ1) is 13.4. The van der Waals surface area contributed by atoms with Gasteiger partial charge in [0.05, 0.1) is 11.6 Å². The van der Waals surface area contributed by atoms with Crippen molar-refractivity contribution in [3.63, 3.8) is 0 Å². The fourth-order valence-electron chi connectivity index (χ4n) is 2.37. The highest BCUT2D eigenvalue weighted by Crippen LogP contribution is 2.27. The summed E-state index contributed by atoms with van der Waals surface area (Å²) >= 11 is 0. The first-order valence-electron chi connectivity index (χ1n) is 6.57. The van der Waals surface area contributed by atoms with Crippen molar-refractivity contribution in [3.8, 4) is 11.8 Å². The number of aryl methyl sites for hydroxylation is 2. The average molecular weight is 258 g/mol. The summed E-state index contributed by atoms with van der Waals surface area (Å²) < 4.78 is 5.89. The summed E-state index contributed by atoms with van der Waals surface area (Å²) in [5, 5.41) is 11.8. The Morgan fingerprint density at radius 2 is 2.00 bits per heavy atom. The third kappa shape index (κ3) is 3.05. The Morgan fingerprint density at radius 1 is 1.32 bits per heavy atom. The van der Waals surface area contributed by atoms with Crippen LogP contribution in [-0.4, -0.2) is 18.6 Å². The van der Waals surface area contributed by atoms with E-state index in [1.807, 2.05) is 13.8 Å². The number of benzene rings is 1. The lowest BCUT2D eigenvalue weighted by Crippen LogP contribution is -2.36. The molecule has 4 nitrogen and oxygen atoms in total. The van der Waals surface area contributed by atoms with Gasteiger partial charge in [-0.15, -0.1) is 0 Å². The van der Waals surface area contributed by atoms with Crippen LogP contribution in [-0.2, 0) is 4.79 Å². The van der Waals surface area contributed by atoms with Crippen molar-refractivity contribution in [1.29, 1.82) is 5.26 Å². The molecule has 0 aromatic heterocycles. The number of ether oxygens (including phenoxy) is 1. The van der Waals surface area contributed by atoms with E-state index in [9.17, 15) is 4.79 Å². The zero-order valence-electron chi connectivity index (χ0n) is 11.3. The number of nitriles is 1. The maximum absolute atomic E-state index is 11.9. The largest absolute Gasteiger partial charge is 0.480 e. The molecular weight excluding hydrogens is 240 g/mol. The number of hydrogen-bond donors (Lipinski definition) is 1. The molecule has 1 aromatic carbocycles. The van der Waals surface area contributed by atoms with E-state index >= 15 is 0 Å². The quantitative estimate of drug-likeness (QED) is 0.884. The van der Waals surface area contributed by atoms with Gasteiger partial charge in [-0.25, -0.2) is 0 Å². The lowest BCUT2D eigenvalue weighted by molar-refractivity contribution is -0.127. The van der Waals surface area contributed by atoms with E-state index < -0.39 is 6.10 Å². The van der Waals surface area contributed by atoms with E-state index in [1.165, 1.54) is 0 Å². The van der Waals surface area contributed by atoms with Crippen LogP contribution in [0.2, 0.25) is 0 Å². The molecule has 0 aliphatic carbocycles. The van der Waals surface area contributed by atoms with Crippen LogP contribution in [0.15, 0.2) is 12.1 Å². The molecule has 0 saturated carbocycles. The molecule has 0 radical (unpaired) electrons. The number of nitrogens with one attached hydrogen (secondary N) is 1. The highest BCUT2D eigenvalue weighted by molar-refractivity contribution is 5.81. The average Bonchev–Trinajstić information content (AvgIpc) is 2.58. The molecule has 2 rings (SSSR count). The van der Waals surface area contributed by atoms with Gasteiger partial charge in [0.15, 0.2) is 6.10 Å². The molecule has 19 heavy (non-hydrogen) atoms. The van der Waals surface area contributed by atoms with Crippen molar-refractivity contribution in [1.82, 2.24) is 5.32 Å². The standard InChI is InChI=1S/C15H18N2O2/c1-10-7-12(9-16)8-11(2)14(10)19-13-5-3-4-6-17-15(13)18/h7-8,13H,3-6H2,1-2H3,(H,17,18). The summed E-state index contributed by atoms with van der Waals surface area (Å²) in [5.74, 6) is 0.682. The molecule has 4 heteroatoms. The number of carbonyl (C=O) groups excluding carboxylic acids is 1. The molecule has 1 unspecified atom stereocenters. The second-order valence-corrected chi connectivity index (χ2v) is 4.94. The van der Waals surface area contributed by atoms with Gasteiger partial charge < -0.3 is 10.1 Å². The summed E-state index contributed by atoms with van der Waals surface area (Å²) in [6, 6.07) is 5.70. The van der Waals surface area contributed by atoms with Gasteiger partial charge in [-0.3, -0.25) is 4.79 Å². The molecule has 1 saturated heterocycles. The third-order valence-electron chi connectivity index (χ3n) is 3.33. The van der Waals surface area contributed by atoms with Gasteiger partial charge in [0.1, 0.15) is 5.75 Å². The van der Waals surface area contributed by atoms with Crippen LogP contribution in [0.1, 0.15) is 36.0 Å². The van der Waals surface area contributed by atoms with Crippen LogP contribution < -0.4 is 10.1 Å². The van der Waals surface area contributed by atoms with Crippen LogP contribution >= 0.6 is 0 Å². The van der Waals surface area contributed by atoms with Crippen LogP contribution in [0.4, 0.5) is 0 Å². The number of rotatable bonds is 2. The molecule has 100 valence electrons. The summed E-state index contributed by atoms with van der Waals surface area (Å²) in [6.07, 6.45) is 2.30. The Kier molecular flexibility index (Phi) is 4.06. The Bertz CT molecular complexity index is 508. The maximum atomic E-state index is 11.9. The SMILES string of the molecule is Cc1cc(C#N)cc(C)c1OC1CCCCNC1=O. The van der Waals surface area contributed by atoms with E-state index in [2.05, 4.69) is 11.4 Å². The minimum absolute atomic E-state index is 0.0411. The van der Waals surface area contributed by atoms with E-state index in [0.717, 1.165) is 42.7 Å². The lowest BCUT2D eigenvalue weighted by atomic mass is 10.1. The molecule has 1 fully saturated rings. The smallest absolute Gasteiger partial charge is 0.261 e. The molecule has 1 amide bonds. The summed E-state index contributed by atoms with van der Waals surface area (Å²) in [7, 11) is 0. The van der Waals surface area contributed by atoms with Gasteiger partial charge in [0.25, 0.3) is 5.91 Å². The Labute approximate surface area is 113 Å². The van der Waals surface area contributed by atoms with Gasteiger partial charge in [-0.1, -0.05) is 0 Å². The molecule has 1 N–H and O–H groups in total. The monoisotopic (exact) mass is 258 g/mol. The predicted octanol–water partition coefficient (Wildman–Crippen LogP) is 2.22. The fraction of sp³-hybridized carbons (Fsp3) is 0.467. The van der Waals surface area contributed by atoms with Gasteiger partial charge >= 0.3 is 0 Å². The molecule has 1 heterocycles. The van der Waals surface area contributed by atoms with E-state index in [4.69, 9.17) is 10.00 Å². The normalized spacial score (nSPS) is 19.2. The minimum atomic E-state index is -0.423. The molecule has 1 aliphatic rings. The highest BCUT2D eigenvalue weighted by Gasteiger charge is 2.23. The summed E-state index contributed by atoms with van der Waals surface area (Å²) in [6.45, 7) is 4.53. The van der Waals surface area contributed by atoms with Gasteiger partial charge in [0.2, 0.25) is 0 Å². The first-order chi connectivity index (χ1) is 9.11. The van der Waals surface area contributed by atoms with Crippen LogP contribution in [0.3, 0.4) is 0 Å². The minimum Gasteiger partial charge on any atom is -0.480 e. The van der Waals surface area contributed by atoms with Crippen LogP contribution in [0.25, 0.3) is 0 Å². The second kappa shape index (κ2) is 5.75. The molecule has 1 aliphatic heterocycles. The van der Waals surface area contributed by atoms with Gasteiger partial charge in [0, 0.05) is 6.54 Å². The van der Waals surface area contributed by atoms with E-state index in [0.29, 0.717) is 5.56 Å². The number of hydrogen-bond acceptors (Lipinski definition) is 3. The third-order valence-corrected chi connectivity index (χ3v) is 3.33. The maximum Gasteiger partial charge on any atom is 0.261 e. The summed E-state index contributed by atoms with van der Waals surface area (Å²) in [5.41, 5.74) is 2.41. The second-order valence-electron chi connectivity index (χ2n) is 4.94. The lowest BCUT2D eigenvalue weighted by Gasteiger charge is -2.19. The Morgan fingerprint density at radius 3 is 2.63 bits per heavy atom. The fourth-order valence-corrected chi connectivity index (χ4v) is 2.37. The molecule has 1 atom stereocenters. The van der Waals surface area contributed by atoms with Crippen molar-refractivity contribution in [2.24, 2.45) is 0 Å². The molecular formula is C15H18N2O2.